The lowest BCUT2D eigenvalue weighted by Crippen LogP contribution is -2.14. The number of hydrogen-bond acceptors (Lipinski definition) is 6. The summed E-state index contributed by atoms with van der Waals surface area (Å²) in [6.07, 6.45) is 2.47. The van der Waals surface area contributed by atoms with Crippen molar-refractivity contribution < 1.29 is 0 Å². The van der Waals surface area contributed by atoms with Gasteiger partial charge in [-0.1, -0.05) is 12.2 Å². The van der Waals surface area contributed by atoms with Gasteiger partial charge in [0.1, 0.15) is 10.7 Å². The highest BCUT2D eigenvalue weighted by Crippen LogP contribution is 2.08. The highest BCUT2D eigenvalue weighted by molar-refractivity contribution is 7.80. The van der Waals surface area contributed by atoms with Crippen LogP contribution in [0, 0.1) is 6.92 Å². The summed E-state index contributed by atoms with van der Waals surface area (Å²) in [7, 11) is 0. The Morgan fingerprint density at radius 1 is 1.50 bits per heavy atom. The first kappa shape index (κ1) is 12.8. The maximum absolute atomic E-state index is 5.51. The largest absolute Gasteiger partial charge is 0.388 e. The summed E-state index contributed by atoms with van der Waals surface area (Å²) in [6, 6.07) is 1.69. The van der Waals surface area contributed by atoms with Gasteiger partial charge in [0.2, 0.25) is 5.95 Å². The Morgan fingerprint density at radius 3 is 3.00 bits per heavy atom. The van der Waals surface area contributed by atoms with Gasteiger partial charge in [-0.25, -0.2) is 15.0 Å². The van der Waals surface area contributed by atoms with Crippen LogP contribution in [0.15, 0.2) is 17.6 Å². The number of anilines is 1. The van der Waals surface area contributed by atoms with E-state index in [9.17, 15) is 0 Å². The second-order valence-electron chi connectivity index (χ2n) is 3.66. The molecule has 2 aromatic rings. The van der Waals surface area contributed by atoms with E-state index in [1.165, 1.54) is 0 Å². The van der Waals surface area contributed by atoms with Crippen LogP contribution in [0.5, 0.6) is 0 Å². The summed E-state index contributed by atoms with van der Waals surface area (Å²) in [4.78, 5) is 13.0. The van der Waals surface area contributed by atoms with Crippen LogP contribution in [0.2, 0.25) is 0 Å². The quantitative estimate of drug-likeness (QED) is 0.808. The summed E-state index contributed by atoms with van der Waals surface area (Å²) in [5.41, 5.74) is 7.16. The van der Waals surface area contributed by atoms with Gasteiger partial charge in [-0.3, -0.25) is 0 Å². The molecule has 0 saturated carbocycles. The van der Waals surface area contributed by atoms with Gasteiger partial charge in [-0.15, -0.1) is 11.3 Å². The molecule has 2 rings (SSSR count). The highest BCUT2D eigenvalue weighted by Gasteiger charge is 2.02. The summed E-state index contributed by atoms with van der Waals surface area (Å²) >= 11 is 6.52. The fourth-order valence-corrected chi connectivity index (χ4v) is 2.17. The van der Waals surface area contributed by atoms with E-state index >= 15 is 0 Å². The predicted molar refractivity (Wildman–Crippen MR) is 77.0 cm³/mol. The maximum Gasteiger partial charge on any atom is 0.223 e. The molecule has 3 N–H and O–H groups in total. The molecule has 0 aliphatic rings. The minimum atomic E-state index is 0.274. The third-order valence-corrected chi connectivity index (χ3v) is 3.27. The number of hydrogen-bond donors (Lipinski definition) is 2. The molecule has 0 bridgehead atoms. The van der Waals surface area contributed by atoms with Gasteiger partial charge in [0.15, 0.2) is 0 Å². The topological polar surface area (TPSA) is 76.7 Å². The van der Waals surface area contributed by atoms with E-state index in [1.54, 1.807) is 23.6 Å². The standard InChI is InChI=1S/C11H13N5S2/c1-7-15-8(6-18-7)2-4-13-11-14-5-3-9(16-11)10(12)17/h3,5-6H,2,4H2,1H3,(H2,12,17)(H,13,14,16). The van der Waals surface area contributed by atoms with Crippen LogP contribution in [-0.2, 0) is 6.42 Å². The molecular formula is C11H13N5S2. The Morgan fingerprint density at radius 2 is 2.33 bits per heavy atom. The van der Waals surface area contributed by atoms with Crippen molar-refractivity contribution in [1.82, 2.24) is 15.0 Å². The second kappa shape index (κ2) is 5.83. The third-order valence-electron chi connectivity index (χ3n) is 2.24. The van der Waals surface area contributed by atoms with Crippen molar-refractivity contribution in [2.45, 2.75) is 13.3 Å². The van der Waals surface area contributed by atoms with Crippen LogP contribution < -0.4 is 11.1 Å². The molecule has 2 aromatic heterocycles. The molecule has 5 nitrogen and oxygen atoms in total. The summed E-state index contributed by atoms with van der Waals surface area (Å²) < 4.78 is 0. The molecule has 7 heteroatoms. The molecule has 0 aliphatic heterocycles. The number of aromatic nitrogens is 3. The van der Waals surface area contributed by atoms with Gasteiger partial charge in [-0.05, 0) is 13.0 Å². The monoisotopic (exact) mass is 279 g/mol. The molecule has 2 heterocycles. The Kier molecular flexibility index (Phi) is 4.16. The number of nitrogens with two attached hydrogens (primary N) is 1. The number of rotatable bonds is 5. The summed E-state index contributed by atoms with van der Waals surface area (Å²) in [6.45, 7) is 2.72. The molecule has 0 saturated heterocycles. The van der Waals surface area contributed by atoms with Crippen molar-refractivity contribution in [1.29, 1.82) is 0 Å². The van der Waals surface area contributed by atoms with E-state index < -0.39 is 0 Å². The first-order chi connectivity index (χ1) is 8.65. The fourth-order valence-electron chi connectivity index (χ4n) is 1.41. The summed E-state index contributed by atoms with van der Waals surface area (Å²) in [5, 5.41) is 6.26. The first-order valence-electron chi connectivity index (χ1n) is 5.43. The lowest BCUT2D eigenvalue weighted by molar-refractivity contribution is 0.946. The Bertz CT molecular complexity index is 552. The molecule has 0 aliphatic carbocycles. The van der Waals surface area contributed by atoms with E-state index in [2.05, 4.69) is 25.6 Å². The Balaban J connectivity index is 1.90. The van der Waals surface area contributed by atoms with Gasteiger partial charge in [0.05, 0.1) is 10.7 Å². The van der Waals surface area contributed by atoms with E-state index in [-0.39, 0.29) is 4.99 Å². The minimum Gasteiger partial charge on any atom is -0.388 e. The Hall–Kier alpha value is -1.60. The minimum absolute atomic E-state index is 0.274. The number of aryl methyl sites for hydroxylation is 1. The van der Waals surface area contributed by atoms with Crippen molar-refractivity contribution in [3.05, 3.63) is 34.0 Å². The van der Waals surface area contributed by atoms with Crippen LogP contribution in [0.4, 0.5) is 5.95 Å². The smallest absolute Gasteiger partial charge is 0.223 e. The molecular weight excluding hydrogens is 266 g/mol. The third kappa shape index (κ3) is 3.44. The number of thiazole rings is 1. The molecule has 18 heavy (non-hydrogen) atoms. The lowest BCUT2D eigenvalue weighted by atomic mass is 10.3. The molecule has 0 radical (unpaired) electrons. The van der Waals surface area contributed by atoms with Gasteiger partial charge >= 0.3 is 0 Å². The van der Waals surface area contributed by atoms with Gasteiger partial charge in [0.25, 0.3) is 0 Å². The fraction of sp³-hybridized carbons (Fsp3) is 0.273. The van der Waals surface area contributed by atoms with E-state index in [4.69, 9.17) is 18.0 Å². The SMILES string of the molecule is Cc1nc(CCNc2nccc(C(N)=S)n2)cs1. The molecule has 94 valence electrons. The van der Waals surface area contributed by atoms with Crippen molar-refractivity contribution >= 4 is 34.5 Å². The van der Waals surface area contributed by atoms with Gasteiger partial charge < -0.3 is 11.1 Å². The number of nitrogens with one attached hydrogen (secondary N) is 1. The Labute approximate surface area is 114 Å². The molecule has 0 spiro atoms. The van der Waals surface area contributed by atoms with Crippen LogP contribution in [0.25, 0.3) is 0 Å². The number of thiocarbonyl (C=S) groups is 1. The van der Waals surface area contributed by atoms with Crippen molar-refractivity contribution in [2.75, 3.05) is 11.9 Å². The van der Waals surface area contributed by atoms with Gasteiger partial charge in [0, 0.05) is 24.5 Å². The zero-order valence-corrected chi connectivity index (χ0v) is 11.5. The number of nitrogens with zero attached hydrogens (tertiary/aromatic N) is 3. The van der Waals surface area contributed by atoms with Crippen molar-refractivity contribution in [3.8, 4) is 0 Å². The van der Waals surface area contributed by atoms with E-state index in [1.807, 2.05) is 6.92 Å². The van der Waals surface area contributed by atoms with Crippen LogP contribution >= 0.6 is 23.6 Å². The zero-order valence-electron chi connectivity index (χ0n) is 9.88. The molecule has 0 fully saturated rings. The summed E-state index contributed by atoms with van der Waals surface area (Å²) in [5.74, 6) is 0.534. The molecule has 0 aromatic carbocycles. The second-order valence-corrected chi connectivity index (χ2v) is 5.17. The average Bonchev–Trinajstić information content (AvgIpc) is 2.75. The molecule has 0 amide bonds. The molecule has 0 atom stereocenters. The van der Waals surface area contributed by atoms with Crippen LogP contribution in [0.1, 0.15) is 16.4 Å². The average molecular weight is 279 g/mol. The van der Waals surface area contributed by atoms with E-state index in [0.717, 1.165) is 23.7 Å². The van der Waals surface area contributed by atoms with E-state index in [0.29, 0.717) is 11.6 Å². The highest BCUT2D eigenvalue weighted by atomic mass is 32.1. The van der Waals surface area contributed by atoms with Crippen LogP contribution in [0.3, 0.4) is 0 Å². The lowest BCUT2D eigenvalue weighted by Gasteiger charge is -2.04. The van der Waals surface area contributed by atoms with Crippen molar-refractivity contribution in [2.24, 2.45) is 5.73 Å². The zero-order chi connectivity index (χ0) is 13.0. The normalized spacial score (nSPS) is 10.3. The predicted octanol–water partition coefficient (Wildman–Crippen LogP) is 1.53. The van der Waals surface area contributed by atoms with Gasteiger partial charge in [-0.2, -0.15) is 0 Å². The van der Waals surface area contributed by atoms with Crippen LogP contribution in [-0.4, -0.2) is 26.5 Å². The first-order valence-corrected chi connectivity index (χ1v) is 6.71. The molecule has 0 unspecified atom stereocenters. The maximum atomic E-state index is 5.51. The van der Waals surface area contributed by atoms with Crippen molar-refractivity contribution in [3.63, 3.8) is 0 Å².